The molecule has 2 nitrogen and oxygen atoms in total. The Labute approximate surface area is 204 Å². The average Bonchev–Trinajstić information content (AvgIpc) is 2.90. The first-order valence-corrected chi connectivity index (χ1v) is 12.3. The van der Waals surface area contributed by atoms with Crippen LogP contribution in [0.4, 0.5) is 0 Å². The van der Waals surface area contributed by atoms with Crippen molar-refractivity contribution in [3.8, 4) is 0 Å². The van der Waals surface area contributed by atoms with Gasteiger partial charge in [0.05, 0.1) is 0 Å². The van der Waals surface area contributed by atoms with Crippen molar-refractivity contribution in [1.29, 1.82) is 0 Å². The fraction of sp³-hybridized carbons (Fsp3) is 0.200. The maximum absolute atomic E-state index is 10.7. The van der Waals surface area contributed by atoms with Gasteiger partial charge in [0.1, 0.15) is 0 Å². The maximum Gasteiger partial charge on any atom is 0.358 e. The molecule has 0 aliphatic rings. The van der Waals surface area contributed by atoms with Gasteiger partial charge >= 0.3 is 13.8 Å². The highest BCUT2D eigenvalue weighted by Crippen LogP contribution is 2.19. The molecule has 0 fully saturated rings. The van der Waals surface area contributed by atoms with Gasteiger partial charge in [-0.15, -0.1) is 0 Å². The summed E-state index contributed by atoms with van der Waals surface area (Å²) in [5.41, 5.74) is 6.29. The third-order valence-electron chi connectivity index (χ3n) is 6.57. The van der Waals surface area contributed by atoms with Crippen molar-refractivity contribution in [2.45, 2.75) is 32.6 Å². The van der Waals surface area contributed by atoms with Crippen molar-refractivity contribution >= 4 is 35.7 Å². The third-order valence-corrected chi connectivity index (χ3v) is 6.57. The molecule has 170 valence electrons. The number of benzene rings is 4. The molecule has 4 aromatic carbocycles. The summed E-state index contributed by atoms with van der Waals surface area (Å²) >= 11 is 0. The average molecular weight is 446 g/mol. The lowest BCUT2D eigenvalue weighted by atomic mass is 9.56. The Morgan fingerprint density at radius 2 is 0.882 bits per heavy atom. The zero-order valence-electron chi connectivity index (χ0n) is 19.8. The molecule has 0 heterocycles. The summed E-state index contributed by atoms with van der Waals surface area (Å²) in [6, 6.07) is 36.4. The second-order valence-corrected chi connectivity index (χ2v) is 9.17. The molecular formula is C30H32B2O2. The highest BCUT2D eigenvalue weighted by molar-refractivity contribution is 6.79. The Morgan fingerprint density at radius 3 is 1.24 bits per heavy atom. The highest BCUT2D eigenvalue weighted by Gasteiger charge is 2.18. The Morgan fingerprint density at radius 1 is 0.529 bits per heavy atom. The zero-order chi connectivity index (χ0) is 23.8. The molecule has 0 aliphatic heterocycles. The largest absolute Gasteiger partial charge is 0.443 e. The van der Waals surface area contributed by atoms with Gasteiger partial charge in [0.2, 0.25) is 0 Å². The van der Waals surface area contributed by atoms with Crippen LogP contribution < -0.4 is 21.9 Å². The maximum atomic E-state index is 10.7. The monoisotopic (exact) mass is 446 g/mol. The first kappa shape index (κ1) is 24.1. The van der Waals surface area contributed by atoms with Crippen molar-refractivity contribution in [3.63, 3.8) is 0 Å². The fourth-order valence-electron chi connectivity index (χ4n) is 4.68. The molecule has 34 heavy (non-hydrogen) atoms. The molecule has 4 heteroatoms. The van der Waals surface area contributed by atoms with Crippen LogP contribution >= 0.6 is 0 Å². The van der Waals surface area contributed by atoms with Crippen LogP contribution in [0.1, 0.15) is 30.9 Å². The van der Waals surface area contributed by atoms with Crippen LogP contribution in [0.3, 0.4) is 0 Å². The molecule has 0 atom stereocenters. The molecular weight excluding hydrogens is 414 g/mol. The summed E-state index contributed by atoms with van der Waals surface area (Å²) in [5.74, 6) is 0.555. The minimum Gasteiger partial charge on any atom is -0.443 e. The summed E-state index contributed by atoms with van der Waals surface area (Å²) in [5, 5.41) is 21.3. The minimum absolute atomic E-state index is 0.555. The second-order valence-electron chi connectivity index (χ2n) is 9.17. The summed E-state index contributed by atoms with van der Waals surface area (Å²) in [4.78, 5) is 0. The van der Waals surface area contributed by atoms with E-state index in [0.29, 0.717) is 5.92 Å². The summed E-state index contributed by atoms with van der Waals surface area (Å²) in [6.07, 6.45) is 4.36. The van der Waals surface area contributed by atoms with E-state index in [0.717, 1.165) is 41.1 Å². The van der Waals surface area contributed by atoms with Gasteiger partial charge < -0.3 is 10.0 Å². The van der Waals surface area contributed by atoms with E-state index in [1.807, 2.05) is 60.7 Å². The summed E-state index contributed by atoms with van der Waals surface area (Å²) < 4.78 is 0. The quantitative estimate of drug-likeness (QED) is 0.368. The highest BCUT2D eigenvalue weighted by atomic mass is 16.2. The standard InChI is InChI=1S/C30H32B2O2/c1-2-9-26(22-24-14-18-29(19-15-24)31(33)27-10-5-3-6-11-27)23-25-16-20-30(21-17-25)32(34)28-12-7-4-8-13-28/h3-8,10-21,26,33-34H,2,9,22-23H2,1H3. The van der Waals surface area contributed by atoms with Gasteiger partial charge in [0, 0.05) is 0 Å². The zero-order valence-corrected chi connectivity index (χ0v) is 19.8. The molecule has 0 aliphatic carbocycles. The topological polar surface area (TPSA) is 40.5 Å². The summed E-state index contributed by atoms with van der Waals surface area (Å²) in [6.45, 7) is 1.06. The Bertz CT molecular complexity index is 1040. The van der Waals surface area contributed by atoms with Gasteiger partial charge in [-0.25, -0.2) is 0 Å². The van der Waals surface area contributed by atoms with E-state index in [1.54, 1.807) is 0 Å². The van der Waals surface area contributed by atoms with Gasteiger partial charge in [0.15, 0.2) is 0 Å². The van der Waals surface area contributed by atoms with Gasteiger partial charge in [-0.3, -0.25) is 0 Å². The van der Waals surface area contributed by atoms with Crippen LogP contribution in [0.15, 0.2) is 109 Å². The molecule has 0 amide bonds. The third kappa shape index (κ3) is 6.28. The van der Waals surface area contributed by atoms with Crippen LogP contribution in [-0.4, -0.2) is 23.9 Å². The van der Waals surface area contributed by atoms with Gasteiger partial charge in [0.25, 0.3) is 0 Å². The lowest BCUT2D eigenvalue weighted by molar-refractivity contribution is 0.474. The fourth-order valence-corrected chi connectivity index (χ4v) is 4.68. The number of hydrogen-bond donors (Lipinski definition) is 2. The lowest BCUT2D eigenvalue weighted by Gasteiger charge is -2.18. The predicted molar refractivity (Wildman–Crippen MR) is 146 cm³/mol. The van der Waals surface area contributed by atoms with Crippen LogP contribution in [0.25, 0.3) is 0 Å². The first-order chi connectivity index (χ1) is 16.6. The van der Waals surface area contributed by atoms with Crippen LogP contribution in [0.5, 0.6) is 0 Å². The van der Waals surface area contributed by atoms with Crippen molar-refractivity contribution in [3.05, 3.63) is 120 Å². The minimum atomic E-state index is -0.591. The number of hydrogen-bond acceptors (Lipinski definition) is 2. The SMILES string of the molecule is CCCC(Cc1ccc(B(O)c2ccccc2)cc1)Cc1ccc(B(O)c2ccccc2)cc1. The van der Waals surface area contributed by atoms with Crippen molar-refractivity contribution in [2.75, 3.05) is 0 Å². The van der Waals surface area contributed by atoms with Crippen molar-refractivity contribution in [2.24, 2.45) is 5.92 Å². The molecule has 0 bridgehead atoms. The van der Waals surface area contributed by atoms with Crippen LogP contribution in [-0.2, 0) is 12.8 Å². The van der Waals surface area contributed by atoms with E-state index >= 15 is 0 Å². The lowest BCUT2D eigenvalue weighted by Crippen LogP contribution is -2.42. The van der Waals surface area contributed by atoms with E-state index in [4.69, 9.17) is 0 Å². The first-order valence-electron chi connectivity index (χ1n) is 12.3. The Hall–Kier alpha value is -3.07. The van der Waals surface area contributed by atoms with Crippen LogP contribution in [0, 0.1) is 5.92 Å². The Balaban J connectivity index is 1.39. The molecule has 4 rings (SSSR count). The summed E-state index contributed by atoms with van der Waals surface area (Å²) in [7, 11) is 0. The number of rotatable bonds is 10. The van der Waals surface area contributed by atoms with E-state index in [9.17, 15) is 10.0 Å². The van der Waals surface area contributed by atoms with E-state index < -0.39 is 13.8 Å². The molecule has 2 N–H and O–H groups in total. The molecule has 4 aromatic rings. The molecule has 0 unspecified atom stereocenters. The van der Waals surface area contributed by atoms with Crippen molar-refractivity contribution < 1.29 is 10.0 Å². The van der Waals surface area contributed by atoms with Gasteiger partial charge in [-0.05, 0) is 51.7 Å². The van der Waals surface area contributed by atoms with E-state index in [1.165, 1.54) is 17.5 Å². The van der Waals surface area contributed by atoms with Crippen LogP contribution in [0.2, 0.25) is 0 Å². The molecule has 0 saturated carbocycles. The van der Waals surface area contributed by atoms with Gasteiger partial charge in [-0.1, -0.05) is 129 Å². The van der Waals surface area contributed by atoms with Crippen molar-refractivity contribution in [1.82, 2.24) is 0 Å². The Kier molecular flexibility index (Phi) is 8.41. The van der Waals surface area contributed by atoms with E-state index in [-0.39, 0.29) is 0 Å². The molecule has 0 spiro atoms. The normalized spacial score (nSPS) is 10.9. The predicted octanol–water partition coefficient (Wildman–Crippen LogP) is 3.08. The smallest absolute Gasteiger partial charge is 0.358 e. The molecule has 0 saturated heterocycles. The van der Waals surface area contributed by atoms with Gasteiger partial charge in [-0.2, -0.15) is 0 Å². The molecule has 0 radical (unpaired) electrons. The molecule has 0 aromatic heterocycles. The second kappa shape index (κ2) is 11.9. The van der Waals surface area contributed by atoms with E-state index in [2.05, 4.69) is 55.5 Å².